The molecule has 2 aromatic rings. The monoisotopic (exact) mass is 297 g/mol. The smallest absolute Gasteiger partial charge is 0.382 e. The number of aromatic nitrogens is 2. The second-order valence-corrected chi connectivity index (χ2v) is 4.43. The Bertz CT molecular complexity index is 559. The highest BCUT2D eigenvalue weighted by Crippen LogP contribution is 2.30. The molecule has 0 saturated heterocycles. The van der Waals surface area contributed by atoms with Crippen molar-refractivity contribution in [3.8, 4) is 0 Å². The lowest BCUT2D eigenvalue weighted by Gasteiger charge is -2.16. The summed E-state index contributed by atoms with van der Waals surface area (Å²) in [5.41, 5.74) is 1.17. The largest absolute Gasteiger partial charge is 0.416 e. The van der Waals surface area contributed by atoms with E-state index in [1.165, 1.54) is 6.07 Å². The van der Waals surface area contributed by atoms with Crippen LogP contribution in [0.2, 0.25) is 5.02 Å². The molecule has 1 unspecified atom stereocenters. The van der Waals surface area contributed by atoms with Gasteiger partial charge in [-0.25, -0.2) is 0 Å². The van der Waals surface area contributed by atoms with E-state index in [4.69, 9.17) is 16.7 Å². The van der Waals surface area contributed by atoms with Crippen molar-refractivity contribution in [2.24, 2.45) is 0 Å². The lowest BCUT2D eigenvalue weighted by atomic mass is 10.2. The van der Waals surface area contributed by atoms with Crippen LogP contribution in [0, 0.1) is 0 Å². The molecule has 0 aliphatic heterocycles. The van der Waals surface area contributed by atoms with Crippen LogP contribution in [-0.2, 0) is 0 Å². The highest BCUT2D eigenvalue weighted by molar-refractivity contribution is 7.00. The molecule has 1 heterocycles. The number of rotatable bonds is 3. The van der Waals surface area contributed by atoms with Crippen LogP contribution >= 0.6 is 23.3 Å². The summed E-state index contributed by atoms with van der Waals surface area (Å²) in [6, 6.07) is 3.13. The second-order valence-electron chi connectivity index (χ2n) is 3.49. The molecular weight excluding hydrogens is 291 g/mol. The molecule has 1 aromatic heterocycles. The lowest BCUT2D eigenvalue weighted by molar-refractivity contribution is -0.198. The molecule has 0 aliphatic rings. The molecule has 2 N–H and O–H groups in total. The third kappa shape index (κ3) is 2.65. The number of anilines is 1. The highest BCUT2D eigenvalue weighted by atomic mass is 35.5. The van der Waals surface area contributed by atoms with Gasteiger partial charge in [0.05, 0.1) is 22.4 Å². The number of fused-ring (bicyclic) bond motifs is 1. The molecule has 0 saturated carbocycles. The Morgan fingerprint density at radius 2 is 2.11 bits per heavy atom. The van der Waals surface area contributed by atoms with Crippen molar-refractivity contribution in [3.63, 3.8) is 0 Å². The number of benzene rings is 1. The maximum atomic E-state index is 12.2. The summed E-state index contributed by atoms with van der Waals surface area (Å²) in [5, 5.41) is 11.6. The summed E-state index contributed by atoms with van der Waals surface area (Å²) in [5.74, 6) is 0. The Hall–Kier alpha value is -1.12. The molecule has 0 radical (unpaired) electrons. The predicted octanol–water partition coefficient (Wildman–Crippen LogP) is 2.68. The molecule has 9 heteroatoms. The van der Waals surface area contributed by atoms with E-state index in [0.29, 0.717) is 11.0 Å². The number of hydrogen-bond acceptors (Lipinski definition) is 5. The molecule has 0 fully saturated rings. The summed E-state index contributed by atoms with van der Waals surface area (Å²) in [7, 11) is 0. The maximum absolute atomic E-state index is 12.2. The molecular formula is C9H7ClF3N3OS. The van der Waals surface area contributed by atoms with E-state index in [-0.39, 0.29) is 10.7 Å². The van der Waals surface area contributed by atoms with Gasteiger partial charge in [0.25, 0.3) is 0 Å². The Labute approximate surface area is 109 Å². The van der Waals surface area contributed by atoms with Gasteiger partial charge >= 0.3 is 6.18 Å². The van der Waals surface area contributed by atoms with Gasteiger partial charge in [-0.3, -0.25) is 0 Å². The fourth-order valence-corrected chi connectivity index (χ4v) is 2.07. The van der Waals surface area contributed by atoms with Gasteiger partial charge in [0, 0.05) is 6.54 Å². The minimum absolute atomic E-state index is 0.226. The first-order valence-electron chi connectivity index (χ1n) is 4.79. The first-order valence-corrected chi connectivity index (χ1v) is 5.90. The zero-order valence-electron chi connectivity index (χ0n) is 8.70. The van der Waals surface area contributed by atoms with E-state index in [2.05, 4.69) is 14.1 Å². The molecule has 0 bridgehead atoms. The van der Waals surface area contributed by atoms with E-state index >= 15 is 0 Å². The Kier molecular flexibility index (Phi) is 3.60. The van der Waals surface area contributed by atoms with Crippen LogP contribution in [0.4, 0.5) is 18.9 Å². The minimum atomic E-state index is -4.67. The van der Waals surface area contributed by atoms with Crippen LogP contribution in [0.1, 0.15) is 0 Å². The fourth-order valence-electron chi connectivity index (χ4n) is 1.31. The van der Waals surface area contributed by atoms with Crippen LogP contribution in [0.15, 0.2) is 12.1 Å². The van der Waals surface area contributed by atoms with E-state index in [9.17, 15) is 13.2 Å². The molecule has 1 aromatic carbocycles. The molecule has 0 amide bonds. The van der Waals surface area contributed by atoms with E-state index in [1.54, 1.807) is 6.07 Å². The zero-order valence-corrected chi connectivity index (χ0v) is 10.3. The maximum Gasteiger partial charge on any atom is 0.416 e. The topological polar surface area (TPSA) is 58.0 Å². The third-order valence-electron chi connectivity index (χ3n) is 2.23. The SMILES string of the molecule is OC(CNc1c(Cl)ccc2nsnc12)C(F)(F)F. The molecule has 98 valence electrons. The van der Waals surface area contributed by atoms with Crippen molar-refractivity contribution < 1.29 is 18.3 Å². The van der Waals surface area contributed by atoms with Gasteiger partial charge in [-0.1, -0.05) is 11.6 Å². The molecule has 0 spiro atoms. The van der Waals surface area contributed by atoms with Gasteiger partial charge < -0.3 is 10.4 Å². The lowest BCUT2D eigenvalue weighted by Crippen LogP contribution is -2.35. The Balaban J connectivity index is 2.21. The zero-order chi connectivity index (χ0) is 13.3. The van der Waals surface area contributed by atoms with Gasteiger partial charge in [0.1, 0.15) is 11.0 Å². The summed E-state index contributed by atoms with van der Waals surface area (Å²) in [6.45, 7) is -0.695. The quantitative estimate of drug-likeness (QED) is 0.914. The summed E-state index contributed by atoms with van der Waals surface area (Å²) in [4.78, 5) is 0. The average molecular weight is 298 g/mol. The van der Waals surface area contributed by atoms with Crippen LogP contribution in [-0.4, -0.2) is 32.7 Å². The van der Waals surface area contributed by atoms with Gasteiger partial charge in [0.2, 0.25) is 0 Å². The third-order valence-corrected chi connectivity index (χ3v) is 3.08. The fraction of sp³-hybridized carbons (Fsp3) is 0.333. The first-order chi connectivity index (χ1) is 8.39. The first kappa shape index (κ1) is 13.3. The molecule has 2 rings (SSSR count). The number of hydrogen-bond donors (Lipinski definition) is 2. The second kappa shape index (κ2) is 4.87. The molecule has 0 aliphatic carbocycles. The van der Waals surface area contributed by atoms with Crippen molar-refractivity contribution in [1.82, 2.24) is 8.75 Å². The normalized spacial score (nSPS) is 13.8. The predicted molar refractivity (Wildman–Crippen MR) is 63.0 cm³/mol. The van der Waals surface area contributed by atoms with Gasteiger partial charge in [-0.2, -0.15) is 21.9 Å². The summed E-state index contributed by atoms with van der Waals surface area (Å²) in [6.07, 6.45) is -7.14. The highest BCUT2D eigenvalue weighted by Gasteiger charge is 2.38. The van der Waals surface area contributed by atoms with Gasteiger partial charge in [-0.05, 0) is 12.1 Å². The van der Waals surface area contributed by atoms with Crippen molar-refractivity contribution >= 4 is 40.0 Å². The number of nitrogens with one attached hydrogen (secondary N) is 1. The van der Waals surface area contributed by atoms with Crippen LogP contribution < -0.4 is 5.32 Å². The van der Waals surface area contributed by atoms with Crippen molar-refractivity contribution in [3.05, 3.63) is 17.2 Å². The number of halogens is 4. The Morgan fingerprint density at radius 1 is 1.39 bits per heavy atom. The van der Waals surface area contributed by atoms with Crippen molar-refractivity contribution in [2.75, 3.05) is 11.9 Å². The number of aliphatic hydroxyl groups excluding tert-OH is 1. The van der Waals surface area contributed by atoms with E-state index < -0.39 is 18.8 Å². The van der Waals surface area contributed by atoms with Crippen molar-refractivity contribution in [1.29, 1.82) is 0 Å². The summed E-state index contributed by atoms with van der Waals surface area (Å²) >= 11 is 6.80. The molecule has 4 nitrogen and oxygen atoms in total. The van der Waals surface area contributed by atoms with Crippen LogP contribution in [0.5, 0.6) is 0 Å². The van der Waals surface area contributed by atoms with Crippen molar-refractivity contribution in [2.45, 2.75) is 12.3 Å². The Morgan fingerprint density at radius 3 is 2.78 bits per heavy atom. The van der Waals surface area contributed by atoms with E-state index in [1.807, 2.05) is 0 Å². The molecule has 1 atom stereocenters. The standard InChI is InChI=1S/C9H7ClF3N3OS/c10-4-1-2-5-8(16-18-15-5)7(4)14-3-6(17)9(11,12)13/h1-2,6,14,17H,3H2. The minimum Gasteiger partial charge on any atom is -0.382 e. The van der Waals surface area contributed by atoms with Crippen LogP contribution in [0.3, 0.4) is 0 Å². The van der Waals surface area contributed by atoms with Gasteiger partial charge in [-0.15, -0.1) is 0 Å². The number of alkyl halides is 3. The molecule has 18 heavy (non-hydrogen) atoms. The number of nitrogens with zero attached hydrogens (tertiary/aromatic N) is 2. The van der Waals surface area contributed by atoms with E-state index in [0.717, 1.165) is 11.7 Å². The number of aliphatic hydroxyl groups is 1. The van der Waals surface area contributed by atoms with Gasteiger partial charge in [0.15, 0.2) is 6.10 Å². The summed E-state index contributed by atoms with van der Waals surface area (Å²) < 4.78 is 44.4. The van der Waals surface area contributed by atoms with Crippen LogP contribution in [0.25, 0.3) is 11.0 Å². The average Bonchev–Trinajstić information content (AvgIpc) is 2.74.